The van der Waals surface area contributed by atoms with Gasteiger partial charge in [0.2, 0.25) is 0 Å². The Hall–Kier alpha value is -0.540. The molecule has 0 unspecified atom stereocenters. The van der Waals surface area contributed by atoms with Gasteiger partial charge in [-0.05, 0) is 24.0 Å². The number of rotatable bonds is 5. The van der Waals surface area contributed by atoms with Crippen LogP contribution in [-0.2, 0) is 0 Å². The topological polar surface area (TPSA) is 29.1 Å². The van der Waals surface area contributed by atoms with Gasteiger partial charge in [0.05, 0.1) is 10.6 Å². The lowest BCUT2D eigenvalue weighted by Crippen LogP contribution is -2.34. The molecule has 0 aliphatic rings. The zero-order valence-corrected chi connectivity index (χ0v) is 12.4. The average molecular weight is 319 g/mol. The lowest BCUT2D eigenvalue weighted by Gasteiger charge is -2.24. The number of amides is 1. The quantitative estimate of drug-likeness (QED) is 0.820. The summed E-state index contributed by atoms with van der Waals surface area (Å²) in [5.74, 6) is -0.113. The highest BCUT2D eigenvalue weighted by Crippen LogP contribution is 2.21. The van der Waals surface area contributed by atoms with Crippen LogP contribution in [0.3, 0.4) is 0 Å². The molecule has 0 radical (unpaired) electrons. The third-order valence-corrected chi connectivity index (χ3v) is 3.34. The minimum atomic E-state index is -0.113. The zero-order chi connectivity index (χ0) is 12.9. The molecule has 0 aromatic heterocycles. The van der Waals surface area contributed by atoms with Crippen LogP contribution < -0.4 is 5.32 Å². The fraction of sp³-hybridized carbons (Fsp3) is 0.462. The normalized spacial score (nSPS) is 11.3. The van der Waals surface area contributed by atoms with Gasteiger partial charge in [0.15, 0.2) is 0 Å². The lowest BCUT2D eigenvalue weighted by atomic mass is 9.90. The first-order chi connectivity index (χ1) is 7.96. The predicted molar refractivity (Wildman–Crippen MR) is 76.0 cm³/mol. The first-order valence-corrected chi connectivity index (χ1v) is 7.05. The average Bonchev–Trinajstić information content (AvgIpc) is 2.27. The Bertz CT molecular complexity index is 393. The van der Waals surface area contributed by atoms with Gasteiger partial charge >= 0.3 is 0 Å². The summed E-state index contributed by atoms with van der Waals surface area (Å²) in [4.78, 5) is 11.9. The molecule has 94 valence electrons. The Balaban J connectivity index is 2.59. The van der Waals surface area contributed by atoms with Crippen LogP contribution >= 0.6 is 27.5 Å². The Morgan fingerprint density at radius 2 is 2.06 bits per heavy atom. The third kappa shape index (κ3) is 4.68. The molecule has 0 fully saturated rings. The van der Waals surface area contributed by atoms with Crippen molar-refractivity contribution in [3.8, 4) is 0 Å². The maximum Gasteiger partial charge on any atom is 0.252 e. The molecule has 1 N–H and O–H groups in total. The number of carbonyl (C=O) groups excluding carboxylic acids is 1. The molecule has 0 bridgehead atoms. The summed E-state index contributed by atoms with van der Waals surface area (Å²) in [7, 11) is 0. The molecule has 0 heterocycles. The van der Waals surface area contributed by atoms with Gasteiger partial charge in [-0.1, -0.05) is 53.5 Å². The molecule has 0 spiro atoms. The van der Waals surface area contributed by atoms with Crippen molar-refractivity contribution >= 4 is 33.4 Å². The molecule has 17 heavy (non-hydrogen) atoms. The van der Waals surface area contributed by atoms with Gasteiger partial charge in [-0.2, -0.15) is 0 Å². The summed E-state index contributed by atoms with van der Waals surface area (Å²) in [5.41, 5.74) is 0.615. The van der Waals surface area contributed by atoms with Crippen LogP contribution in [0.5, 0.6) is 0 Å². The minimum absolute atomic E-state index is 0.0837. The second kappa shape index (κ2) is 6.41. The number of hydrogen-bond donors (Lipinski definition) is 1. The first-order valence-electron chi connectivity index (χ1n) is 5.55. The van der Waals surface area contributed by atoms with Gasteiger partial charge in [0, 0.05) is 11.9 Å². The van der Waals surface area contributed by atoms with Crippen molar-refractivity contribution in [2.24, 2.45) is 5.41 Å². The van der Waals surface area contributed by atoms with Crippen LogP contribution in [0.15, 0.2) is 24.3 Å². The largest absolute Gasteiger partial charge is 0.351 e. The van der Waals surface area contributed by atoms with Gasteiger partial charge in [0.1, 0.15) is 0 Å². The standard InChI is InChI=1S/C13H17BrClNO/c1-13(2,7-8-14)9-16-12(17)10-5-3-4-6-11(10)15/h3-6H,7-9H2,1-2H3,(H,16,17). The van der Waals surface area contributed by atoms with Crippen molar-refractivity contribution in [3.05, 3.63) is 34.9 Å². The van der Waals surface area contributed by atoms with Gasteiger partial charge in [-0.15, -0.1) is 0 Å². The van der Waals surface area contributed by atoms with E-state index >= 15 is 0 Å². The van der Waals surface area contributed by atoms with E-state index in [9.17, 15) is 4.79 Å². The molecule has 4 heteroatoms. The monoisotopic (exact) mass is 317 g/mol. The van der Waals surface area contributed by atoms with E-state index in [2.05, 4.69) is 35.1 Å². The van der Waals surface area contributed by atoms with Crippen molar-refractivity contribution in [2.45, 2.75) is 20.3 Å². The van der Waals surface area contributed by atoms with Crippen molar-refractivity contribution in [1.82, 2.24) is 5.32 Å². The van der Waals surface area contributed by atoms with Gasteiger partial charge in [-0.3, -0.25) is 4.79 Å². The van der Waals surface area contributed by atoms with Crippen LogP contribution in [0.25, 0.3) is 0 Å². The highest BCUT2D eigenvalue weighted by Gasteiger charge is 2.19. The fourth-order valence-electron chi connectivity index (χ4n) is 1.40. The van der Waals surface area contributed by atoms with Crippen LogP contribution in [0.2, 0.25) is 5.02 Å². The van der Waals surface area contributed by atoms with Crippen LogP contribution in [-0.4, -0.2) is 17.8 Å². The summed E-state index contributed by atoms with van der Waals surface area (Å²) in [6, 6.07) is 7.08. The Morgan fingerprint density at radius 1 is 1.41 bits per heavy atom. The second-order valence-corrected chi connectivity index (χ2v) is 5.97. The first kappa shape index (κ1) is 14.5. The Kier molecular flexibility index (Phi) is 5.47. The second-order valence-electron chi connectivity index (χ2n) is 4.77. The number of carbonyl (C=O) groups is 1. The van der Waals surface area contributed by atoms with E-state index in [1.54, 1.807) is 12.1 Å². The molecule has 1 amide bonds. The minimum Gasteiger partial charge on any atom is -0.351 e. The molecule has 1 aromatic rings. The van der Waals surface area contributed by atoms with Crippen LogP contribution in [0.4, 0.5) is 0 Å². The van der Waals surface area contributed by atoms with Gasteiger partial charge in [-0.25, -0.2) is 0 Å². The van der Waals surface area contributed by atoms with E-state index in [0.29, 0.717) is 17.1 Å². The summed E-state index contributed by atoms with van der Waals surface area (Å²) >= 11 is 9.38. The van der Waals surface area contributed by atoms with E-state index in [0.717, 1.165) is 11.8 Å². The van der Waals surface area contributed by atoms with Gasteiger partial charge < -0.3 is 5.32 Å². The molecule has 0 aliphatic carbocycles. The van der Waals surface area contributed by atoms with Crippen LogP contribution in [0, 0.1) is 5.41 Å². The van der Waals surface area contributed by atoms with Crippen molar-refractivity contribution in [2.75, 3.05) is 11.9 Å². The summed E-state index contributed by atoms with van der Waals surface area (Å²) < 4.78 is 0. The highest BCUT2D eigenvalue weighted by atomic mass is 79.9. The van der Waals surface area contributed by atoms with E-state index in [1.165, 1.54) is 0 Å². The third-order valence-electron chi connectivity index (χ3n) is 2.62. The molecule has 1 aromatic carbocycles. The predicted octanol–water partition coefficient (Wildman–Crippen LogP) is 3.88. The molecule has 1 rings (SSSR count). The number of benzene rings is 1. The van der Waals surface area contributed by atoms with E-state index in [1.807, 2.05) is 12.1 Å². The Morgan fingerprint density at radius 3 is 2.65 bits per heavy atom. The molecular weight excluding hydrogens is 302 g/mol. The zero-order valence-electron chi connectivity index (χ0n) is 10.1. The molecule has 0 atom stereocenters. The summed E-state index contributed by atoms with van der Waals surface area (Å²) in [5, 5.41) is 4.34. The van der Waals surface area contributed by atoms with Crippen molar-refractivity contribution in [1.29, 1.82) is 0 Å². The molecule has 0 aliphatic heterocycles. The number of nitrogens with one attached hydrogen (secondary N) is 1. The van der Waals surface area contributed by atoms with E-state index in [4.69, 9.17) is 11.6 Å². The van der Waals surface area contributed by atoms with E-state index < -0.39 is 0 Å². The number of hydrogen-bond acceptors (Lipinski definition) is 1. The van der Waals surface area contributed by atoms with Crippen molar-refractivity contribution < 1.29 is 4.79 Å². The summed E-state index contributed by atoms with van der Waals surface area (Å²) in [6.45, 7) is 4.89. The number of halogens is 2. The fourth-order valence-corrected chi connectivity index (χ4v) is 2.70. The summed E-state index contributed by atoms with van der Waals surface area (Å²) in [6.07, 6.45) is 1.01. The number of alkyl halides is 1. The smallest absolute Gasteiger partial charge is 0.252 e. The van der Waals surface area contributed by atoms with Gasteiger partial charge in [0.25, 0.3) is 5.91 Å². The van der Waals surface area contributed by atoms with E-state index in [-0.39, 0.29) is 11.3 Å². The molecular formula is C13H17BrClNO. The maximum atomic E-state index is 11.9. The molecule has 0 saturated heterocycles. The van der Waals surface area contributed by atoms with Crippen LogP contribution in [0.1, 0.15) is 30.6 Å². The SMILES string of the molecule is CC(C)(CCBr)CNC(=O)c1ccccc1Cl. The molecule has 0 saturated carbocycles. The maximum absolute atomic E-state index is 11.9. The highest BCUT2D eigenvalue weighted by molar-refractivity contribution is 9.09. The lowest BCUT2D eigenvalue weighted by molar-refractivity contribution is 0.0936. The van der Waals surface area contributed by atoms with Crippen molar-refractivity contribution in [3.63, 3.8) is 0 Å². The molecule has 2 nitrogen and oxygen atoms in total. The Labute approximate surface area is 116 Å².